The number of ether oxygens (including phenoxy) is 1. The number of nitrogens with one attached hydrogen (secondary N) is 1. The number of hydrogen-bond donors (Lipinski definition) is 1. The van der Waals surface area contributed by atoms with E-state index in [9.17, 15) is 4.79 Å². The van der Waals surface area contributed by atoms with Gasteiger partial charge in [-0.3, -0.25) is 0 Å². The zero-order valence-electron chi connectivity index (χ0n) is 14.3. The molecule has 0 spiro atoms. The van der Waals surface area contributed by atoms with Crippen LogP contribution in [0.3, 0.4) is 0 Å². The summed E-state index contributed by atoms with van der Waals surface area (Å²) in [6.45, 7) is 8.50. The highest BCUT2D eigenvalue weighted by molar-refractivity contribution is 5.67. The number of nitrogens with zero attached hydrogens (tertiary/aromatic N) is 2. The van der Waals surface area contributed by atoms with Gasteiger partial charge in [0.25, 0.3) is 0 Å². The molecule has 0 unspecified atom stereocenters. The van der Waals surface area contributed by atoms with Crippen molar-refractivity contribution in [1.82, 2.24) is 14.9 Å². The molecule has 5 nitrogen and oxygen atoms in total. The monoisotopic (exact) mass is 307 g/mol. The van der Waals surface area contributed by atoms with Gasteiger partial charge in [-0.25, -0.2) is 9.78 Å². The molecule has 2 rings (SSSR count). The van der Waals surface area contributed by atoms with Gasteiger partial charge in [-0.1, -0.05) is 6.92 Å². The Morgan fingerprint density at radius 1 is 1.36 bits per heavy atom. The Balaban J connectivity index is 1.82. The van der Waals surface area contributed by atoms with E-state index in [1.165, 1.54) is 31.4 Å². The van der Waals surface area contributed by atoms with Crippen LogP contribution >= 0.6 is 0 Å². The Morgan fingerprint density at radius 3 is 2.68 bits per heavy atom. The summed E-state index contributed by atoms with van der Waals surface area (Å²) in [6.07, 6.45) is 9.30. The average Bonchev–Trinajstić information content (AvgIpc) is 2.86. The third kappa shape index (κ3) is 5.04. The van der Waals surface area contributed by atoms with Gasteiger partial charge in [0.15, 0.2) is 0 Å². The molecule has 1 amide bonds. The fourth-order valence-corrected chi connectivity index (χ4v) is 2.98. The lowest BCUT2D eigenvalue weighted by Crippen LogP contribution is -2.33. The van der Waals surface area contributed by atoms with Gasteiger partial charge < -0.3 is 14.6 Å². The van der Waals surface area contributed by atoms with Crippen LogP contribution in [0.4, 0.5) is 4.79 Å². The van der Waals surface area contributed by atoms with E-state index < -0.39 is 5.60 Å². The van der Waals surface area contributed by atoms with E-state index in [1.54, 1.807) is 0 Å². The molecule has 1 aromatic rings. The van der Waals surface area contributed by atoms with Crippen LogP contribution in [0.2, 0.25) is 0 Å². The van der Waals surface area contributed by atoms with Crippen molar-refractivity contribution in [2.45, 2.75) is 71.4 Å². The van der Waals surface area contributed by atoms with Crippen LogP contribution in [0.5, 0.6) is 0 Å². The molecule has 1 saturated carbocycles. The highest BCUT2D eigenvalue weighted by atomic mass is 16.6. The van der Waals surface area contributed by atoms with Crippen molar-refractivity contribution >= 4 is 6.09 Å². The highest BCUT2D eigenvalue weighted by Gasteiger charge is 2.21. The third-order valence-corrected chi connectivity index (χ3v) is 4.17. The summed E-state index contributed by atoms with van der Waals surface area (Å²) in [4.78, 5) is 15.9. The second kappa shape index (κ2) is 7.16. The van der Waals surface area contributed by atoms with E-state index in [0.717, 1.165) is 12.3 Å². The topological polar surface area (TPSA) is 56.2 Å². The van der Waals surface area contributed by atoms with Gasteiger partial charge in [-0.15, -0.1) is 0 Å². The first-order valence-corrected chi connectivity index (χ1v) is 8.32. The van der Waals surface area contributed by atoms with E-state index in [4.69, 9.17) is 4.74 Å². The Morgan fingerprint density at radius 2 is 2.05 bits per heavy atom. The third-order valence-electron chi connectivity index (χ3n) is 4.17. The minimum Gasteiger partial charge on any atom is -0.444 e. The number of carbonyl (C=O) groups excluding carboxylic acids is 1. The molecule has 0 bridgehead atoms. The first kappa shape index (κ1) is 16.8. The lowest BCUT2D eigenvalue weighted by molar-refractivity contribution is 0.0528. The SMILES string of the molecule is CC1CCC(n2cncc2CCNC(=O)OC(C)(C)C)CC1. The largest absolute Gasteiger partial charge is 0.444 e. The summed E-state index contributed by atoms with van der Waals surface area (Å²) in [6, 6.07) is 0.565. The number of aromatic nitrogens is 2. The zero-order valence-corrected chi connectivity index (χ0v) is 14.3. The van der Waals surface area contributed by atoms with Crippen LogP contribution in [0, 0.1) is 5.92 Å². The minimum absolute atomic E-state index is 0.356. The van der Waals surface area contributed by atoms with Crippen LogP contribution in [-0.2, 0) is 11.2 Å². The fourth-order valence-electron chi connectivity index (χ4n) is 2.98. The summed E-state index contributed by atoms with van der Waals surface area (Å²) in [7, 11) is 0. The molecule has 1 aliphatic rings. The fraction of sp³-hybridized carbons (Fsp3) is 0.765. The van der Waals surface area contributed by atoms with Crippen LogP contribution < -0.4 is 5.32 Å². The summed E-state index contributed by atoms with van der Waals surface area (Å²) in [5.74, 6) is 0.844. The molecule has 5 heteroatoms. The van der Waals surface area contributed by atoms with E-state index in [2.05, 4.69) is 21.8 Å². The van der Waals surface area contributed by atoms with E-state index >= 15 is 0 Å². The van der Waals surface area contributed by atoms with Crippen molar-refractivity contribution in [3.8, 4) is 0 Å². The zero-order chi connectivity index (χ0) is 16.2. The lowest BCUT2D eigenvalue weighted by atomic mass is 9.87. The number of carbonyl (C=O) groups is 1. The van der Waals surface area contributed by atoms with Crippen LogP contribution in [0.25, 0.3) is 0 Å². The van der Waals surface area contributed by atoms with Gasteiger partial charge >= 0.3 is 6.09 Å². The van der Waals surface area contributed by atoms with Gasteiger partial charge in [0, 0.05) is 30.9 Å². The predicted octanol–water partition coefficient (Wildman–Crippen LogP) is 3.70. The van der Waals surface area contributed by atoms with Crippen molar-refractivity contribution in [2.24, 2.45) is 5.92 Å². The second-order valence-electron chi connectivity index (χ2n) is 7.38. The van der Waals surface area contributed by atoms with Crippen molar-refractivity contribution in [3.63, 3.8) is 0 Å². The Kier molecular flexibility index (Phi) is 5.48. The number of amides is 1. The molecule has 1 N–H and O–H groups in total. The molecule has 0 saturated heterocycles. The van der Waals surface area contributed by atoms with Crippen molar-refractivity contribution in [2.75, 3.05) is 6.54 Å². The molecule has 1 heterocycles. The lowest BCUT2D eigenvalue weighted by Gasteiger charge is -2.28. The predicted molar refractivity (Wildman–Crippen MR) is 86.8 cm³/mol. The Bertz CT molecular complexity index is 482. The number of rotatable bonds is 4. The summed E-state index contributed by atoms with van der Waals surface area (Å²) < 4.78 is 7.54. The maximum atomic E-state index is 11.7. The number of imidazole rings is 1. The van der Waals surface area contributed by atoms with Crippen molar-refractivity contribution < 1.29 is 9.53 Å². The van der Waals surface area contributed by atoms with Gasteiger partial charge in [0.05, 0.1) is 6.33 Å². The van der Waals surface area contributed by atoms with Crippen molar-refractivity contribution in [1.29, 1.82) is 0 Å². The minimum atomic E-state index is -0.454. The second-order valence-corrected chi connectivity index (χ2v) is 7.38. The first-order valence-electron chi connectivity index (χ1n) is 8.32. The molecule has 1 aromatic heterocycles. The maximum Gasteiger partial charge on any atom is 0.407 e. The van der Waals surface area contributed by atoms with Gasteiger partial charge in [0.1, 0.15) is 5.60 Å². The Hall–Kier alpha value is -1.52. The molecule has 0 radical (unpaired) electrons. The molecule has 0 aliphatic heterocycles. The first-order chi connectivity index (χ1) is 10.3. The summed E-state index contributed by atoms with van der Waals surface area (Å²) in [5, 5.41) is 2.81. The molecule has 22 heavy (non-hydrogen) atoms. The normalized spacial score (nSPS) is 22.4. The standard InChI is InChI=1S/C17H29N3O2/c1-13-5-7-14(8-6-13)20-12-18-11-15(20)9-10-19-16(21)22-17(2,3)4/h11-14H,5-10H2,1-4H3,(H,19,21). The maximum absolute atomic E-state index is 11.7. The molecular weight excluding hydrogens is 278 g/mol. The summed E-state index contributed by atoms with van der Waals surface area (Å²) >= 11 is 0. The van der Waals surface area contributed by atoms with Crippen LogP contribution in [0.15, 0.2) is 12.5 Å². The average molecular weight is 307 g/mol. The van der Waals surface area contributed by atoms with E-state index in [-0.39, 0.29) is 6.09 Å². The van der Waals surface area contributed by atoms with Gasteiger partial charge in [0.2, 0.25) is 0 Å². The van der Waals surface area contributed by atoms with Crippen LogP contribution in [-0.4, -0.2) is 27.8 Å². The quantitative estimate of drug-likeness (QED) is 0.922. The molecule has 1 fully saturated rings. The number of hydrogen-bond acceptors (Lipinski definition) is 3. The Labute approximate surface area is 133 Å². The molecule has 0 aromatic carbocycles. The molecule has 1 aliphatic carbocycles. The molecule has 0 atom stereocenters. The van der Waals surface area contributed by atoms with Crippen molar-refractivity contribution in [3.05, 3.63) is 18.2 Å². The number of alkyl carbamates (subject to hydrolysis) is 1. The summed E-state index contributed by atoms with van der Waals surface area (Å²) in [5.41, 5.74) is 0.737. The van der Waals surface area contributed by atoms with E-state index in [0.29, 0.717) is 12.6 Å². The van der Waals surface area contributed by atoms with E-state index in [1.807, 2.05) is 33.3 Å². The smallest absolute Gasteiger partial charge is 0.407 e. The highest BCUT2D eigenvalue weighted by Crippen LogP contribution is 2.32. The molecular formula is C17H29N3O2. The van der Waals surface area contributed by atoms with Crippen LogP contribution in [0.1, 0.15) is 65.1 Å². The van der Waals surface area contributed by atoms with Gasteiger partial charge in [-0.2, -0.15) is 0 Å². The van der Waals surface area contributed by atoms with Gasteiger partial charge in [-0.05, 0) is 52.4 Å². The molecule has 124 valence electrons.